The van der Waals surface area contributed by atoms with Gasteiger partial charge in [-0.1, -0.05) is 38.0 Å². The fourth-order valence-electron chi connectivity index (χ4n) is 3.29. The fourth-order valence-corrected chi connectivity index (χ4v) is 4.44. The van der Waals surface area contributed by atoms with Crippen molar-refractivity contribution >= 4 is 34.1 Å². The van der Waals surface area contributed by atoms with Crippen LogP contribution in [-0.4, -0.2) is 66.6 Å². The Labute approximate surface area is 201 Å². The Morgan fingerprint density at radius 1 is 1.24 bits per heavy atom. The van der Waals surface area contributed by atoms with Gasteiger partial charge in [-0.15, -0.1) is 0 Å². The average molecular weight is 495 g/mol. The van der Waals surface area contributed by atoms with E-state index in [1.165, 1.54) is 18.3 Å². The Balaban J connectivity index is 2.25. The van der Waals surface area contributed by atoms with Crippen molar-refractivity contribution in [1.82, 2.24) is 14.6 Å². The van der Waals surface area contributed by atoms with Gasteiger partial charge in [0.05, 0.1) is 4.90 Å². The maximum absolute atomic E-state index is 13.4. The molecular weight excluding hydrogens is 460 g/mol. The van der Waals surface area contributed by atoms with E-state index in [0.717, 1.165) is 17.6 Å². The highest BCUT2D eigenvalue weighted by Crippen LogP contribution is 2.23. The Bertz CT molecular complexity index is 1050. The molecule has 1 heterocycles. The second-order valence-corrected chi connectivity index (χ2v) is 11.3. The van der Waals surface area contributed by atoms with Gasteiger partial charge in [0.1, 0.15) is 17.7 Å². The molecule has 3 atom stereocenters. The lowest BCUT2D eigenvalue weighted by molar-refractivity contribution is -0.143. The van der Waals surface area contributed by atoms with Crippen LogP contribution in [0.2, 0.25) is 0 Å². The van der Waals surface area contributed by atoms with E-state index >= 15 is 0 Å². The summed E-state index contributed by atoms with van der Waals surface area (Å²) < 4.78 is 31.9. The van der Waals surface area contributed by atoms with Gasteiger partial charge in [0.2, 0.25) is 0 Å². The highest BCUT2D eigenvalue weighted by atomic mass is 32.2. The lowest BCUT2D eigenvalue weighted by atomic mass is 9.98. The number of ether oxygens (including phenoxy) is 1. The minimum Gasteiger partial charge on any atom is -0.444 e. The van der Waals surface area contributed by atoms with Crippen molar-refractivity contribution < 1.29 is 27.5 Å². The van der Waals surface area contributed by atoms with E-state index in [9.17, 15) is 22.8 Å². The minimum absolute atomic E-state index is 0.0326. The van der Waals surface area contributed by atoms with E-state index in [-0.39, 0.29) is 17.2 Å². The van der Waals surface area contributed by atoms with Crippen molar-refractivity contribution in [3.63, 3.8) is 0 Å². The standard InChI is InChI=1S/C23H34N4O6S/c1-8-16(3)19(25-22(30)33-23(4,5)6)21(29)27-18(13-14-24-27)20(28)26(7)34(31,32)17-11-9-15(2)10-12-17/h9-12,14,16,18-19H,8,13H2,1-7H3,(H,25,30)/t16?,18?,19-/m0/s1. The first-order chi connectivity index (χ1) is 15.7. The number of nitrogens with zero attached hydrogens (tertiary/aromatic N) is 3. The number of carbonyl (C=O) groups excluding carboxylic acids is 3. The van der Waals surface area contributed by atoms with E-state index < -0.39 is 45.6 Å². The first-order valence-electron chi connectivity index (χ1n) is 11.1. The molecule has 3 amide bonds. The Kier molecular flexibility index (Phi) is 8.46. The molecule has 10 nitrogen and oxygen atoms in total. The van der Waals surface area contributed by atoms with Crippen LogP contribution in [0, 0.1) is 12.8 Å². The predicted molar refractivity (Wildman–Crippen MR) is 127 cm³/mol. The molecule has 1 aliphatic heterocycles. The Morgan fingerprint density at radius 2 is 1.82 bits per heavy atom. The Morgan fingerprint density at radius 3 is 2.35 bits per heavy atom. The summed E-state index contributed by atoms with van der Waals surface area (Å²) in [5, 5.41) is 7.57. The number of sulfonamides is 1. The SMILES string of the molecule is CCC(C)[C@H](NC(=O)OC(C)(C)C)C(=O)N1N=CCC1C(=O)N(C)S(=O)(=O)c1ccc(C)cc1. The molecule has 11 heteroatoms. The molecular formula is C23H34N4O6S. The van der Waals surface area contributed by atoms with E-state index in [1.54, 1.807) is 39.8 Å². The van der Waals surface area contributed by atoms with E-state index in [0.29, 0.717) is 10.7 Å². The second kappa shape index (κ2) is 10.5. The zero-order chi connectivity index (χ0) is 25.8. The normalized spacial score (nSPS) is 17.7. The zero-order valence-electron chi connectivity index (χ0n) is 20.7. The first kappa shape index (κ1) is 27.3. The third-order valence-electron chi connectivity index (χ3n) is 5.48. The molecule has 1 aliphatic rings. The maximum atomic E-state index is 13.4. The molecule has 34 heavy (non-hydrogen) atoms. The minimum atomic E-state index is -4.12. The number of nitrogens with one attached hydrogen (secondary N) is 1. The van der Waals surface area contributed by atoms with Gasteiger partial charge in [-0.3, -0.25) is 9.59 Å². The smallest absolute Gasteiger partial charge is 0.408 e. The maximum Gasteiger partial charge on any atom is 0.408 e. The van der Waals surface area contributed by atoms with Crippen LogP contribution in [0.5, 0.6) is 0 Å². The van der Waals surface area contributed by atoms with Crippen LogP contribution < -0.4 is 5.32 Å². The van der Waals surface area contributed by atoms with E-state index in [4.69, 9.17) is 4.74 Å². The second-order valence-electron chi connectivity index (χ2n) is 9.37. The van der Waals surface area contributed by atoms with Crippen molar-refractivity contribution in [2.45, 2.75) is 77.0 Å². The van der Waals surface area contributed by atoms with Crippen LogP contribution in [0.15, 0.2) is 34.3 Å². The summed E-state index contributed by atoms with van der Waals surface area (Å²) in [4.78, 5) is 38.9. The Hall–Kier alpha value is -2.95. The predicted octanol–water partition coefficient (Wildman–Crippen LogP) is 2.67. The molecule has 0 fully saturated rings. The summed E-state index contributed by atoms with van der Waals surface area (Å²) in [5.74, 6) is -1.71. The number of hydrogen-bond donors (Lipinski definition) is 1. The number of hydrazone groups is 1. The van der Waals surface area contributed by atoms with Crippen molar-refractivity contribution in [2.24, 2.45) is 11.0 Å². The van der Waals surface area contributed by atoms with E-state index in [2.05, 4.69) is 10.4 Å². The molecule has 0 spiro atoms. The number of aryl methyl sites for hydroxylation is 1. The topological polar surface area (TPSA) is 125 Å². The number of hydrogen-bond acceptors (Lipinski definition) is 7. The van der Waals surface area contributed by atoms with Gasteiger partial charge in [-0.05, 0) is 45.7 Å². The summed E-state index contributed by atoms with van der Waals surface area (Å²) in [6, 6.07) is 3.96. The van der Waals surface area contributed by atoms with Gasteiger partial charge in [0, 0.05) is 19.7 Å². The number of rotatable bonds is 7. The summed E-state index contributed by atoms with van der Waals surface area (Å²) in [7, 11) is -2.97. The van der Waals surface area contributed by atoms with Crippen LogP contribution in [-0.2, 0) is 24.3 Å². The molecule has 0 saturated carbocycles. The molecule has 188 valence electrons. The number of alkyl carbamates (subject to hydrolysis) is 1. The molecule has 0 bridgehead atoms. The van der Waals surface area contributed by atoms with Gasteiger partial charge in [0.15, 0.2) is 0 Å². The summed E-state index contributed by atoms with van der Waals surface area (Å²) in [6.45, 7) is 10.6. The molecule has 0 radical (unpaired) electrons. The van der Waals surface area contributed by atoms with Gasteiger partial charge < -0.3 is 10.1 Å². The van der Waals surface area contributed by atoms with Crippen molar-refractivity contribution in [1.29, 1.82) is 0 Å². The summed E-state index contributed by atoms with van der Waals surface area (Å²) in [6.07, 6.45) is 1.23. The molecule has 0 aromatic heterocycles. The van der Waals surface area contributed by atoms with E-state index in [1.807, 2.05) is 13.8 Å². The highest BCUT2D eigenvalue weighted by molar-refractivity contribution is 7.89. The van der Waals surface area contributed by atoms with Crippen molar-refractivity contribution in [3.05, 3.63) is 29.8 Å². The lowest BCUT2D eigenvalue weighted by Crippen LogP contribution is -2.55. The van der Waals surface area contributed by atoms with Gasteiger partial charge in [0.25, 0.3) is 21.8 Å². The number of amides is 3. The monoisotopic (exact) mass is 494 g/mol. The number of benzene rings is 1. The fraction of sp³-hybridized carbons (Fsp3) is 0.565. The molecule has 0 saturated heterocycles. The first-order valence-corrected chi connectivity index (χ1v) is 12.6. The number of likely N-dealkylation sites (N-methyl/N-ethyl adjacent to an activating group) is 1. The average Bonchev–Trinajstić information content (AvgIpc) is 3.24. The third-order valence-corrected chi connectivity index (χ3v) is 7.25. The molecule has 1 N–H and O–H groups in total. The van der Waals surface area contributed by atoms with Gasteiger partial charge in [-0.25, -0.2) is 22.5 Å². The quantitative estimate of drug-likeness (QED) is 0.621. The lowest BCUT2D eigenvalue weighted by Gasteiger charge is -2.31. The molecule has 1 aromatic rings. The van der Waals surface area contributed by atoms with Crippen LogP contribution in [0.25, 0.3) is 0 Å². The highest BCUT2D eigenvalue weighted by Gasteiger charge is 2.42. The molecule has 0 aliphatic carbocycles. The summed E-state index contributed by atoms with van der Waals surface area (Å²) >= 11 is 0. The van der Waals surface area contributed by atoms with Crippen molar-refractivity contribution in [3.8, 4) is 0 Å². The molecule has 2 unspecified atom stereocenters. The van der Waals surface area contributed by atoms with Gasteiger partial charge >= 0.3 is 6.09 Å². The summed E-state index contributed by atoms with van der Waals surface area (Å²) in [5.41, 5.74) is 0.118. The van der Waals surface area contributed by atoms with Crippen LogP contribution in [0.4, 0.5) is 4.79 Å². The third kappa shape index (κ3) is 6.34. The van der Waals surface area contributed by atoms with Crippen LogP contribution >= 0.6 is 0 Å². The van der Waals surface area contributed by atoms with Crippen molar-refractivity contribution in [2.75, 3.05) is 7.05 Å². The zero-order valence-corrected chi connectivity index (χ0v) is 21.5. The molecule has 1 aromatic carbocycles. The van der Waals surface area contributed by atoms with Crippen LogP contribution in [0.1, 0.15) is 53.0 Å². The largest absolute Gasteiger partial charge is 0.444 e. The molecule has 2 rings (SSSR count). The van der Waals surface area contributed by atoms with Gasteiger partial charge in [-0.2, -0.15) is 5.10 Å². The number of carbonyl (C=O) groups is 3. The van der Waals surface area contributed by atoms with Crippen LogP contribution in [0.3, 0.4) is 0 Å².